The Bertz CT molecular complexity index is 466. The Kier molecular flexibility index (Phi) is 3.44. The van der Waals surface area contributed by atoms with Crippen molar-refractivity contribution >= 4 is 11.6 Å². The summed E-state index contributed by atoms with van der Waals surface area (Å²) in [5.41, 5.74) is 3.44. The van der Waals surface area contributed by atoms with Gasteiger partial charge in [0.15, 0.2) is 0 Å². The quantitative estimate of drug-likeness (QED) is 0.825. The van der Waals surface area contributed by atoms with Crippen molar-refractivity contribution in [3.05, 3.63) is 29.3 Å². The summed E-state index contributed by atoms with van der Waals surface area (Å²) in [5, 5.41) is 3.42. The van der Waals surface area contributed by atoms with Crippen LogP contribution in [0.15, 0.2) is 18.2 Å². The summed E-state index contributed by atoms with van der Waals surface area (Å²) >= 11 is 0. The molecule has 18 heavy (non-hydrogen) atoms. The topological polar surface area (TPSA) is 32.3 Å². The van der Waals surface area contributed by atoms with Gasteiger partial charge in [-0.25, -0.2) is 0 Å². The second-order valence-electron chi connectivity index (χ2n) is 5.76. The van der Waals surface area contributed by atoms with Crippen molar-refractivity contribution in [3.63, 3.8) is 0 Å². The molecule has 0 aliphatic carbocycles. The van der Waals surface area contributed by atoms with Crippen LogP contribution < -0.4 is 10.2 Å². The molecule has 1 amide bonds. The smallest absolute Gasteiger partial charge is 0.228 e. The van der Waals surface area contributed by atoms with Gasteiger partial charge in [0.25, 0.3) is 0 Å². The minimum Gasteiger partial charge on any atom is -0.310 e. The lowest BCUT2D eigenvalue weighted by Gasteiger charge is -2.31. The molecule has 1 aliphatic heterocycles. The number of amides is 1. The second kappa shape index (κ2) is 4.73. The normalized spacial score (nSPS) is 19.8. The Morgan fingerprint density at radius 2 is 2.00 bits per heavy atom. The number of benzene rings is 1. The number of aryl methyl sites for hydroxylation is 1. The van der Waals surface area contributed by atoms with Gasteiger partial charge in [0.1, 0.15) is 0 Å². The first kappa shape index (κ1) is 13.1. The van der Waals surface area contributed by atoms with Crippen LogP contribution in [0, 0.1) is 13.8 Å². The molecule has 98 valence electrons. The number of hydrogen-bond acceptors (Lipinski definition) is 2. The van der Waals surface area contributed by atoms with Crippen molar-refractivity contribution in [1.29, 1.82) is 0 Å². The second-order valence-corrected chi connectivity index (χ2v) is 5.76. The van der Waals surface area contributed by atoms with Crippen LogP contribution in [0.5, 0.6) is 0 Å². The highest BCUT2D eigenvalue weighted by atomic mass is 16.2. The molecule has 1 saturated heterocycles. The van der Waals surface area contributed by atoms with Crippen molar-refractivity contribution in [2.24, 2.45) is 0 Å². The zero-order valence-corrected chi connectivity index (χ0v) is 11.7. The van der Waals surface area contributed by atoms with E-state index in [1.54, 1.807) is 0 Å². The first-order valence-corrected chi connectivity index (χ1v) is 6.52. The lowest BCUT2D eigenvalue weighted by Crippen LogP contribution is -2.47. The summed E-state index contributed by atoms with van der Waals surface area (Å²) < 4.78 is 0. The van der Waals surface area contributed by atoms with E-state index in [4.69, 9.17) is 0 Å². The number of carbonyl (C=O) groups is 1. The van der Waals surface area contributed by atoms with Crippen molar-refractivity contribution in [1.82, 2.24) is 5.32 Å². The summed E-state index contributed by atoms with van der Waals surface area (Å²) in [6.45, 7) is 9.94. The standard InChI is InChI=1S/C15H22N2O/c1-11-6-5-7-13(12(11)2)17-10-15(3,4)16-9-8-14(17)18/h5-7,16H,8-10H2,1-4H3. The lowest BCUT2D eigenvalue weighted by atomic mass is 10.0. The fraction of sp³-hybridized carbons (Fsp3) is 0.533. The van der Waals surface area contributed by atoms with E-state index in [-0.39, 0.29) is 11.4 Å². The number of nitrogens with zero attached hydrogens (tertiary/aromatic N) is 1. The van der Waals surface area contributed by atoms with Gasteiger partial charge in [-0.1, -0.05) is 12.1 Å². The fourth-order valence-corrected chi connectivity index (χ4v) is 2.43. The summed E-state index contributed by atoms with van der Waals surface area (Å²) in [7, 11) is 0. The molecular formula is C15H22N2O. The molecule has 1 N–H and O–H groups in total. The number of carbonyl (C=O) groups excluding carboxylic acids is 1. The highest BCUT2D eigenvalue weighted by Crippen LogP contribution is 2.26. The summed E-state index contributed by atoms with van der Waals surface area (Å²) in [6.07, 6.45) is 0.566. The third-order valence-corrected chi connectivity index (χ3v) is 3.66. The number of rotatable bonds is 1. The van der Waals surface area contributed by atoms with Gasteiger partial charge in [-0.2, -0.15) is 0 Å². The van der Waals surface area contributed by atoms with E-state index in [1.807, 2.05) is 17.0 Å². The van der Waals surface area contributed by atoms with Crippen LogP contribution in [-0.4, -0.2) is 24.5 Å². The van der Waals surface area contributed by atoms with E-state index in [1.165, 1.54) is 11.1 Å². The predicted octanol–water partition coefficient (Wildman–Crippen LogP) is 2.41. The largest absolute Gasteiger partial charge is 0.310 e. The molecule has 0 bridgehead atoms. The van der Waals surface area contributed by atoms with Gasteiger partial charge >= 0.3 is 0 Å². The van der Waals surface area contributed by atoms with Crippen LogP contribution in [0.2, 0.25) is 0 Å². The van der Waals surface area contributed by atoms with Crippen molar-refractivity contribution in [2.45, 2.75) is 39.7 Å². The maximum atomic E-state index is 12.3. The van der Waals surface area contributed by atoms with Crippen LogP contribution in [0.1, 0.15) is 31.4 Å². The number of anilines is 1. The molecule has 3 heteroatoms. The van der Waals surface area contributed by atoms with Crippen molar-refractivity contribution in [3.8, 4) is 0 Å². The zero-order chi connectivity index (χ0) is 13.3. The molecule has 2 rings (SSSR count). The molecule has 1 aliphatic rings. The third kappa shape index (κ3) is 2.56. The Hall–Kier alpha value is -1.35. The summed E-state index contributed by atoms with van der Waals surface area (Å²) in [6, 6.07) is 6.16. The van der Waals surface area contributed by atoms with Crippen LogP contribution >= 0.6 is 0 Å². The van der Waals surface area contributed by atoms with Crippen molar-refractivity contribution < 1.29 is 4.79 Å². The Balaban J connectivity index is 2.40. The Labute approximate surface area is 109 Å². The molecule has 0 unspecified atom stereocenters. The first-order chi connectivity index (χ1) is 8.41. The van der Waals surface area contributed by atoms with Gasteiger partial charge in [0, 0.05) is 30.7 Å². The van der Waals surface area contributed by atoms with Gasteiger partial charge in [0.05, 0.1) is 0 Å². The van der Waals surface area contributed by atoms with Crippen LogP contribution in [-0.2, 0) is 4.79 Å². The zero-order valence-electron chi connectivity index (χ0n) is 11.7. The van der Waals surface area contributed by atoms with E-state index in [0.717, 1.165) is 18.8 Å². The minimum absolute atomic E-state index is 0.0393. The highest BCUT2D eigenvalue weighted by molar-refractivity contribution is 5.94. The maximum Gasteiger partial charge on any atom is 0.228 e. The number of hydrogen-bond donors (Lipinski definition) is 1. The monoisotopic (exact) mass is 246 g/mol. The van der Waals surface area contributed by atoms with E-state index in [9.17, 15) is 4.79 Å². The summed E-state index contributed by atoms with van der Waals surface area (Å²) in [4.78, 5) is 14.2. The molecule has 0 atom stereocenters. The minimum atomic E-state index is -0.0393. The van der Waals surface area contributed by atoms with Gasteiger partial charge in [0.2, 0.25) is 5.91 Å². The SMILES string of the molecule is Cc1cccc(N2CC(C)(C)NCCC2=O)c1C. The van der Waals surface area contributed by atoms with E-state index in [2.05, 4.69) is 39.1 Å². The molecule has 1 aromatic carbocycles. The average molecular weight is 246 g/mol. The van der Waals surface area contributed by atoms with Gasteiger partial charge in [-0.15, -0.1) is 0 Å². The summed E-state index contributed by atoms with van der Waals surface area (Å²) in [5.74, 6) is 0.210. The Morgan fingerprint density at radius 1 is 1.28 bits per heavy atom. The maximum absolute atomic E-state index is 12.3. The highest BCUT2D eigenvalue weighted by Gasteiger charge is 2.29. The molecule has 0 aromatic heterocycles. The van der Waals surface area contributed by atoms with Crippen LogP contribution in [0.4, 0.5) is 5.69 Å². The molecular weight excluding hydrogens is 224 g/mol. The predicted molar refractivity (Wildman–Crippen MR) is 75.0 cm³/mol. The van der Waals surface area contributed by atoms with Crippen LogP contribution in [0.3, 0.4) is 0 Å². The van der Waals surface area contributed by atoms with E-state index < -0.39 is 0 Å². The van der Waals surface area contributed by atoms with E-state index in [0.29, 0.717) is 6.42 Å². The molecule has 3 nitrogen and oxygen atoms in total. The van der Waals surface area contributed by atoms with E-state index >= 15 is 0 Å². The van der Waals surface area contributed by atoms with Gasteiger partial charge in [-0.3, -0.25) is 4.79 Å². The molecule has 0 spiro atoms. The third-order valence-electron chi connectivity index (χ3n) is 3.66. The number of nitrogens with one attached hydrogen (secondary N) is 1. The fourth-order valence-electron chi connectivity index (χ4n) is 2.43. The Morgan fingerprint density at radius 3 is 2.72 bits per heavy atom. The molecule has 0 saturated carbocycles. The average Bonchev–Trinajstić information content (AvgIpc) is 2.42. The first-order valence-electron chi connectivity index (χ1n) is 6.52. The van der Waals surface area contributed by atoms with Crippen LogP contribution in [0.25, 0.3) is 0 Å². The molecule has 1 aromatic rings. The van der Waals surface area contributed by atoms with Gasteiger partial charge in [-0.05, 0) is 44.9 Å². The van der Waals surface area contributed by atoms with Gasteiger partial charge < -0.3 is 10.2 Å². The molecule has 1 fully saturated rings. The molecule has 1 heterocycles. The van der Waals surface area contributed by atoms with Crippen molar-refractivity contribution in [2.75, 3.05) is 18.0 Å². The molecule has 0 radical (unpaired) electrons. The lowest BCUT2D eigenvalue weighted by molar-refractivity contribution is -0.118.